The Morgan fingerprint density at radius 1 is 1.14 bits per heavy atom. The lowest BCUT2D eigenvalue weighted by Crippen LogP contribution is -2.22. The van der Waals surface area contributed by atoms with E-state index in [-0.39, 0.29) is 6.04 Å². The van der Waals surface area contributed by atoms with Crippen molar-refractivity contribution in [3.63, 3.8) is 0 Å². The average molecular weight is 302 g/mol. The average Bonchev–Trinajstić information content (AvgIpc) is 2.54. The molecule has 1 aromatic heterocycles. The maximum Gasteiger partial charge on any atom is 0.137 e. The largest absolute Gasteiger partial charge is 0.495 e. The van der Waals surface area contributed by atoms with Crippen LogP contribution in [0.4, 0.5) is 0 Å². The lowest BCUT2D eigenvalue weighted by atomic mass is 10.00. The smallest absolute Gasteiger partial charge is 0.137 e. The van der Waals surface area contributed by atoms with Crippen molar-refractivity contribution >= 4 is 11.8 Å². The summed E-state index contributed by atoms with van der Waals surface area (Å²) in [6.45, 7) is 5.18. The van der Waals surface area contributed by atoms with Crippen LogP contribution in [0.3, 0.4) is 0 Å². The minimum Gasteiger partial charge on any atom is -0.495 e. The van der Waals surface area contributed by atoms with Crippen LogP contribution in [0, 0.1) is 0 Å². The molecule has 1 heterocycles. The van der Waals surface area contributed by atoms with Crippen LogP contribution >= 0.6 is 11.8 Å². The third-order valence-electron chi connectivity index (χ3n) is 3.24. The standard InChI is InChI=1S/C17H22N2OS/c1-4-19-17(14-10-15(20-3)12-18-11-14)13-6-8-16(9-7-13)21-5-2/h6-12,17,19H,4-5H2,1-3H3. The number of nitrogens with zero attached hydrogens (tertiary/aromatic N) is 1. The maximum absolute atomic E-state index is 5.28. The maximum atomic E-state index is 5.28. The van der Waals surface area contributed by atoms with Crippen molar-refractivity contribution in [2.24, 2.45) is 0 Å². The number of rotatable bonds is 7. The van der Waals surface area contributed by atoms with Crippen LogP contribution in [0.25, 0.3) is 0 Å². The van der Waals surface area contributed by atoms with Gasteiger partial charge >= 0.3 is 0 Å². The first-order valence-corrected chi connectivity index (χ1v) is 8.22. The summed E-state index contributed by atoms with van der Waals surface area (Å²) in [4.78, 5) is 5.57. The van der Waals surface area contributed by atoms with E-state index < -0.39 is 0 Å². The van der Waals surface area contributed by atoms with Crippen LogP contribution in [-0.4, -0.2) is 24.4 Å². The second kappa shape index (κ2) is 8.05. The fourth-order valence-electron chi connectivity index (χ4n) is 2.26. The van der Waals surface area contributed by atoms with Gasteiger partial charge in [0, 0.05) is 11.1 Å². The molecule has 0 radical (unpaired) electrons. The van der Waals surface area contributed by atoms with Crippen LogP contribution in [0.5, 0.6) is 5.75 Å². The second-order valence-corrected chi connectivity index (χ2v) is 5.99. The quantitative estimate of drug-likeness (QED) is 0.787. The molecule has 2 rings (SSSR count). The monoisotopic (exact) mass is 302 g/mol. The second-order valence-electron chi connectivity index (χ2n) is 4.65. The number of thioether (sulfide) groups is 1. The van der Waals surface area contributed by atoms with Gasteiger partial charge in [0.15, 0.2) is 0 Å². The molecule has 21 heavy (non-hydrogen) atoms. The number of hydrogen-bond acceptors (Lipinski definition) is 4. The lowest BCUT2D eigenvalue weighted by molar-refractivity contribution is 0.411. The minimum atomic E-state index is 0.137. The van der Waals surface area contributed by atoms with Crippen LogP contribution in [0.15, 0.2) is 47.6 Å². The molecule has 2 aromatic rings. The highest BCUT2D eigenvalue weighted by Crippen LogP contribution is 2.26. The topological polar surface area (TPSA) is 34.2 Å². The van der Waals surface area contributed by atoms with E-state index >= 15 is 0 Å². The van der Waals surface area contributed by atoms with Gasteiger partial charge in [-0.1, -0.05) is 26.0 Å². The van der Waals surface area contributed by atoms with Gasteiger partial charge in [-0.25, -0.2) is 0 Å². The first-order valence-electron chi connectivity index (χ1n) is 7.23. The molecule has 0 saturated carbocycles. The van der Waals surface area contributed by atoms with Gasteiger partial charge in [-0.2, -0.15) is 0 Å². The number of nitrogens with one attached hydrogen (secondary N) is 1. The van der Waals surface area contributed by atoms with Gasteiger partial charge in [-0.15, -0.1) is 11.8 Å². The minimum absolute atomic E-state index is 0.137. The number of ether oxygens (including phenoxy) is 1. The lowest BCUT2D eigenvalue weighted by Gasteiger charge is -2.19. The summed E-state index contributed by atoms with van der Waals surface area (Å²) >= 11 is 1.86. The normalized spacial score (nSPS) is 12.1. The summed E-state index contributed by atoms with van der Waals surface area (Å²) in [7, 11) is 1.67. The summed E-state index contributed by atoms with van der Waals surface area (Å²) in [5.41, 5.74) is 2.36. The van der Waals surface area contributed by atoms with Crippen molar-refractivity contribution in [1.82, 2.24) is 10.3 Å². The number of pyridine rings is 1. The van der Waals surface area contributed by atoms with Crippen molar-refractivity contribution in [1.29, 1.82) is 0 Å². The van der Waals surface area contributed by atoms with Crippen LogP contribution in [0.2, 0.25) is 0 Å². The summed E-state index contributed by atoms with van der Waals surface area (Å²) in [6, 6.07) is 10.9. The predicted octanol–water partition coefficient (Wildman–Crippen LogP) is 3.90. The van der Waals surface area contributed by atoms with Gasteiger partial charge in [-0.05, 0) is 41.6 Å². The molecule has 1 N–H and O–H groups in total. The van der Waals surface area contributed by atoms with Crippen molar-refractivity contribution in [3.8, 4) is 5.75 Å². The number of aromatic nitrogens is 1. The van der Waals surface area contributed by atoms with E-state index in [2.05, 4.69) is 48.4 Å². The Bertz CT molecular complexity index is 557. The van der Waals surface area contributed by atoms with Crippen molar-refractivity contribution in [3.05, 3.63) is 53.9 Å². The number of hydrogen-bond donors (Lipinski definition) is 1. The zero-order valence-corrected chi connectivity index (χ0v) is 13.6. The Hall–Kier alpha value is -1.52. The van der Waals surface area contributed by atoms with Gasteiger partial charge < -0.3 is 10.1 Å². The molecule has 0 spiro atoms. The molecule has 1 atom stereocenters. The summed E-state index contributed by atoms with van der Waals surface area (Å²) in [5.74, 6) is 1.88. The van der Waals surface area contributed by atoms with Gasteiger partial charge in [0.25, 0.3) is 0 Å². The predicted molar refractivity (Wildman–Crippen MR) is 89.1 cm³/mol. The van der Waals surface area contributed by atoms with Crippen molar-refractivity contribution in [2.75, 3.05) is 19.4 Å². The van der Waals surface area contributed by atoms with E-state index in [9.17, 15) is 0 Å². The Labute approximate surface area is 131 Å². The Morgan fingerprint density at radius 2 is 1.90 bits per heavy atom. The third kappa shape index (κ3) is 4.22. The summed E-state index contributed by atoms with van der Waals surface area (Å²) in [5, 5.41) is 3.52. The molecular formula is C17H22N2OS. The van der Waals surface area contributed by atoms with E-state index in [1.54, 1.807) is 13.3 Å². The molecule has 1 unspecified atom stereocenters. The summed E-state index contributed by atoms with van der Waals surface area (Å²) < 4.78 is 5.28. The molecule has 4 heteroatoms. The fourth-order valence-corrected chi connectivity index (χ4v) is 2.92. The van der Waals surface area contributed by atoms with Crippen molar-refractivity contribution in [2.45, 2.75) is 24.8 Å². The highest BCUT2D eigenvalue weighted by atomic mass is 32.2. The molecule has 0 saturated heterocycles. The highest BCUT2D eigenvalue weighted by molar-refractivity contribution is 7.99. The third-order valence-corrected chi connectivity index (χ3v) is 4.13. The zero-order valence-electron chi connectivity index (χ0n) is 12.8. The molecule has 0 aliphatic carbocycles. The first kappa shape index (κ1) is 15.9. The first-order chi connectivity index (χ1) is 10.3. The molecule has 0 bridgehead atoms. The van der Waals surface area contributed by atoms with Crippen molar-refractivity contribution < 1.29 is 4.74 Å². The Kier molecular flexibility index (Phi) is 6.08. The Balaban J connectivity index is 2.28. The van der Waals surface area contributed by atoms with Gasteiger partial charge in [-0.3, -0.25) is 4.98 Å². The van der Waals surface area contributed by atoms with Gasteiger partial charge in [0.1, 0.15) is 5.75 Å². The van der Waals surface area contributed by atoms with Crippen LogP contribution < -0.4 is 10.1 Å². The van der Waals surface area contributed by atoms with Gasteiger partial charge in [0.05, 0.1) is 19.3 Å². The van der Waals surface area contributed by atoms with Crippen LogP contribution in [-0.2, 0) is 0 Å². The Morgan fingerprint density at radius 3 is 2.52 bits per heavy atom. The number of methoxy groups -OCH3 is 1. The fraction of sp³-hybridized carbons (Fsp3) is 0.353. The molecule has 0 fully saturated rings. The molecule has 0 aliphatic heterocycles. The molecule has 3 nitrogen and oxygen atoms in total. The molecule has 0 aliphatic rings. The summed E-state index contributed by atoms with van der Waals surface area (Å²) in [6.07, 6.45) is 3.62. The van der Waals surface area contributed by atoms with E-state index in [1.807, 2.05) is 24.0 Å². The van der Waals surface area contributed by atoms with E-state index in [1.165, 1.54) is 10.5 Å². The van der Waals surface area contributed by atoms with Crippen LogP contribution in [0.1, 0.15) is 31.0 Å². The molecular weight excluding hydrogens is 280 g/mol. The SMILES string of the molecule is CCNC(c1ccc(SCC)cc1)c1cncc(OC)c1. The molecule has 0 amide bonds. The van der Waals surface area contributed by atoms with E-state index in [4.69, 9.17) is 4.74 Å². The molecule has 112 valence electrons. The van der Waals surface area contributed by atoms with E-state index in [0.29, 0.717) is 0 Å². The zero-order chi connectivity index (χ0) is 15.1. The van der Waals surface area contributed by atoms with Gasteiger partial charge in [0.2, 0.25) is 0 Å². The van der Waals surface area contributed by atoms with E-state index in [0.717, 1.165) is 23.6 Å². The highest BCUT2D eigenvalue weighted by Gasteiger charge is 2.14. The molecule has 1 aromatic carbocycles. The number of benzene rings is 1.